The molecule has 0 atom stereocenters. The Morgan fingerprint density at radius 3 is 2.95 bits per heavy atom. The van der Waals surface area contributed by atoms with Crippen molar-refractivity contribution in [2.45, 2.75) is 13.5 Å². The second-order valence-electron chi connectivity index (χ2n) is 4.04. The fourth-order valence-electron chi connectivity index (χ4n) is 1.66. The van der Waals surface area contributed by atoms with E-state index in [9.17, 15) is 4.79 Å². The molecule has 2 heterocycles. The number of halogens is 1. The molecule has 2 aromatic rings. The van der Waals surface area contributed by atoms with Crippen LogP contribution in [0.1, 0.15) is 20.1 Å². The lowest BCUT2D eigenvalue weighted by molar-refractivity contribution is 0.0952. The molecule has 1 amide bonds. The fourth-order valence-corrected chi connectivity index (χ4v) is 3.33. The Hall–Kier alpha value is -1.34. The Kier molecular flexibility index (Phi) is 4.26. The quantitative estimate of drug-likeness (QED) is 0.927. The van der Waals surface area contributed by atoms with E-state index in [1.54, 1.807) is 18.0 Å². The number of carbonyl (C=O) groups excluding carboxylic acids is 1. The molecular formula is C12H14BrN3O2S. The molecular weight excluding hydrogens is 330 g/mol. The van der Waals surface area contributed by atoms with Crippen LogP contribution in [0.15, 0.2) is 16.9 Å². The van der Waals surface area contributed by atoms with Gasteiger partial charge in [0.1, 0.15) is 4.88 Å². The third kappa shape index (κ3) is 2.98. The van der Waals surface area contributed by atoms with Crippen molar-refractivity contribution in [3.8, 4) is 5.75 Å². The van der Waals surface area contributed by atoms with Crippen molar-refractivity contribution in [3.63, 3.8) is 0 Å². The Morgan fingerprint density at radius 1 is 1.63 bits per heavy atom. The summed E-state index contributed by atoms with van der Waals surface area (Å²) in [4.78, 5) is 13.7. The van der Waals surface area contributed by atoms with Gasteiger partial charge in [0.05, 0.1) is 17.8 Å². The van der Waals surface area contributed by atoms with E-state index in [-0.39, 0.29) is 5.91 Å². The molecule has 2 rings (SSSR count). The van der Waals surface area contributed by atoms with Crippen LogP contribution < -0.4 is 10.1 Å². The molecule has 2 aromatic heterocycles. The molecule has 0 radical (unpaired) electrons. The predicted octanol–water partition coefficient (Wildman–Crippen LogP) is 2.49. The maximum absolute atomic E-state index is 12.1. The average Bonchev–Trinajstić information content (AvgIpc) is 2.92. The van der Waals surface area contributed by atoms with Crippen LogP contribution in [-0.4, -0.2) is 22.8 Å². The maximum atomic E-state index is 12.1. The molecule has 0 aliphatic rings. The summed E-state index contributed by atoms with van der Waals surface area (Å²) < 4.78 is 7.80. The first kappa shape index (κ1) is 14.1. The summed E-state index contributed by atoms with van der Waals surface area (Å²) in [5, 5.41) is 6.92. The Balaban J connectivity index is 2.10. The topological polar surface area (TPSA) is 56.1 Å². The van der Waals surface area contributed by atoms with Crippen LogP contribution in [0, 0.1) is 6.92 Å². The average molecular weight is 344 g/mol. The van der Waals surface area contributed by atoms with Gasteiger partial charge in [0.25, 0.3) is 5.91 Å². The van der Waals surface area contributed by atoms with Crippen molar-refractivity contribution in [3.05, 3.63) is 32.2 Å². The van der Waals surface area contributed by atoms with Gasteiger partial charge in [-0.15, -0.1) is 11.3 Å². The van der Waals surface area contributed by atoms with Gasteiger partial charge in [-0.1, -0.05) is 0 Å². The normalized spacial score (nSPS) is 10.5. The van der Waals surface area contributed by atoms with Crippen molar-refractivity contribution >= 4 is 33.2 Å². The number of hydrogen-bond donors (Lipinski definition) is 1. The Morgan fingerprint density at radius 2 is 2.37 bits per heavy atom. The van der Waals surface area contributed by atoms with Gasteiger partial charge in [0.15, 0.2) is 5.75 Å². The number of aromatic nitrogens is 2. The fraction of sp³-hybridized carbons (Fsp3) is 0.333. The van der Waals surface area contributed by atoms with Crippen LogP contribution in [0.2, 0.25) is 0 Å². The number of thiophene rings is 1. The van der Waals surface area contributed by atoms with Crippen LogP contribution in [-0.2, 0) is 13.6 Å². The van der Waals surface area contributed by atoms with Crippen LogP contribution in [0.3, 0.4) is 0 Å². The van der Waals surface area contributed by atoms with Crippen LogP contribution in [0.25, 0.3) is 0 Å². The molecule has 19 heavy (non-hydrogen) atoms. The predicted molar refractivity (Wildman–Crippen MR) is 77.7 cm³/mol. The third-order valence-electron chi connectivity index (χ3n) is 2.59. The van der Waals surface area contributed by atoms with E-state index in [0.717, 1.165) is 14.9 Å². The summed E-state index contributed by atoms with van der Waals surface area (Å²) >= 11 is 4.83. The highest BCUT2D eigenvalue weighted by Gasteiger charge is 2.20. The first-order valence-electron chi connectivity index (χ1n) is 5.61. The summed E-state index contributed by atoms with van der Waals surface area (Å²) in [6.07, 6.45) is 3.60. The zero-order valence-corrected chi connectivity index (χ0v) is 13.3. The number of amides is 1. The van der Waals surface area contributed by atoms with Crippen LogP contribution in [0.4, 0.5) is 0 Å². The molecule has 0 aliphatic carbocycles. The molecule has 0 saturated carbocycles. The minimum absolute atomic E-state index is 0.139. The zero-order valence-electron chi connectivity index (χ0n) is 10.9. The van der Waals surface area contributed by atoms with Gasteiger partial charge >= 0.3 is 0 Å². The van der Waals surface area contributed by atoms with Gasteiger partial charge in [-0.2, -0.15) is 5.10 Å². The van der Waals surface area contributed by atoms with E-state index >= 15 is 0 Å². The monoisotopic (exact) mass is 343 g/mol. The number of ether oxygens (including phenoxy) is 1. The van der Waals surface area contributed by atoms with E-state index < -0.39 is 0 Å². The van der Waals surface area contributed by atoms with Gasteiger partial charge in [-0.05, 0) is 22.9 Å². The molecule has 0 spiro atoms. The van der Waals surface area contributed by atoms with Crippen molar-refractivity contribution in [1.82, 2.24) is 15.1 Å². The lowest BCUT2D eigenvalue weighted by Gasteiger charge is -2.04. The van der Waals surface area contributed by atoms with Gasteiger partial charge in [-0.25, -0.2) is 0 Å². The van der Waals surface area contributed by atoms with Gasteiger partial charge in [0.2, 0.25) is 0 Å². The largest absolute Gasteiger partial charge is 0.494 e. The first-order chi connectivity index (χ1) is 9.02. The molecule has 0 fully saturated rings. The summed E-state index contributed by atoms with van der Waals surface area (Å²) in [5.74, 6) is 0.450. The molecule has 102 valence electrons. The molecule has 0 bridgehead atoms. The van der Waals surface area contributed by atoms with Gasteiger partial charge < -0.3 is 10.1 Å². The lowest BCUT2D eigenvalue weighted by atomic mass is 10.3. The van der Waals surface area contributed by atoms with Crippen LogP contribution in [0.5, 0.6) is 5.75 Å². The van der Waals surface area contributed by atoms with E-state index in [1.807, 2.05) is 20.2 Å². The molecule has 0 unspecified atom stereocenters. The number of nitrogens with zero attached hydrogens (tertiary/aromatic N) is 2. The number of rotatable bonds is 4. The number of aryl methyl sites for hydroxylation is 2. The van der Waals surface area contributed by atoms with E-state index in [0.29, 0.717) is 17.2 Å². The van der Waals surface area contributed by atoms with E-state index in [1.165, 1.54) is 11.3 Å². The molecule has 5 nitrogen and oxygen atoms in total. The van der Waals surface area contributed by atoms with Crippen LogP contribution >= 0.6 is 27.3 Å². The number of nitrogens with one attached hydrogen (secondary N) is 1. The zero-order chi connectivity index (χ0) is 14.0. The highest BCUT2D eigenvalue weighted by Crippen LogP contribution is 2.38. The molecule has 0 saturated heterocycles. The lowest BCUT2D eigenvalue weighted by Crippen LogP contribution is -2.22. The highest BCUT2D eigenvalue weighted by molar-refractivity contribution is 9.10. The molecule has 1 N–H and O–H groups in total. The molecule has 0 aliphatic heterocycles. The van der Waals surface area contributed by atoms with Crippen molar-refractivity contribution in [2.75, 3.05) is 7.11 Å². The second-order valence-corrected chi connectivity index (χ2v) is 6.06. The number of methoxy groups -OCH3 is 1. The number of carbonyl (C=O) groups is 1. The smallest absolute Gasteiger partial charge is 0.265 e. The van der Waals surface area contributed by atoms with Crippen molar-refractivity contribution in [1.29, 1.82) is 0 Å². The summed E-state index contributed by atoms with van der Waals surface area (Å²) in [6.45, 7) is 2.39. The first-order valence-corrected chi connectivity index (χ1v) is 7.22. The Bertz CT molecular complexity index is 606. The summed E-state index contributed by atoms with van der Waals surface area (Å²) in [6, 6.07) is 0. The minimum atomic E-state index is -0.139. The summed E-state index contributed by atoms with van der Waals surface area (Å²) in [5.41, 5.74) is 0.960. The number of hydrogen-bond acceptors (Lipinski definition) is 4. The van der Waals surface area contributed by atoms with Crippen molar-refractivity contribution in [2.24, 2.45) is 7.05 Å². The standard InChI is InChI=1S/C12H14BrN3O2S/c1-7-9(13)10(18-3)11(19-7)12(17)14-4-8-5-15-16(2)6-8/h5-6H,4H2,1-3H3,(H,14,17). The highest BCUT2D eigenvalue weighted by atomic mass is 79.9. The van der Waals surface area contributed by atoms with Crippen molar-refractivity contribution < 1.29 is 9.53 Å². The molecule has 0 aromatic carbocycles. The van der Waals surface area contributed by atoms with E-state index in [4.69, 9.17) is 4.74 Å². The van der Waals surface area contributed by atoms with Gasteiger partial charge in [0, 0.05) is 30.2 Å². The maximum Gasteiger partial charge on any atom is 0.265 e. The summed E-state index contributed by atoms with van der Waals surface area (Å²) in [7, 11) is 3.40. The Labute approximate surface area is 123 Å². The molecule has 7 heteroatoms. The second kappa shape index (κ2) is 5.75. The van der Waals surface area contributed by atoms with Gasteiger partial charge in [-0.3, -0.25) is 9.48 Å². The van der Waals surface area contributed by atoms with E-state index in [2.05, 4.69) is 26.3 Å². The minimum Gasteiger partial charge on any atom is -0.494 e. The SMILES string of the molecule is COc1c(C(=O)NCc2cnn(C)c2)sc(C)c1Br. The third-order valence-corrected chi connectivity index (χ3v) is 4.89.